The van der Waals surface area contributed by atoms with Gasteiger partial charge in [0.25, 0.3) is 0 Å². The van der Waals surface area contributed by atoms with E-state index in [1.165, 1.54) is 6.92 Å². The molecule has 0 fully saturated rings. The number of nitrogens with zero attached hydrogens (tertiary/aromatic N) is 1. The molecule has 18 heavy (non-hydrogen) atoms. The molecule has 0 amide bonds. The van der Waals surface area contributed by atoms with E-state index in [4.69, 9.17) is 5.11 Å². The van der Waals surface area contributed by atoms with Crippen LogP contribution in [0.15, 0.2) is 17.0 Å². The largest absolute Gasteiger partial charge is 0.392 e. The van der Waals surface area contributed by atoms with Gasteiger partial charge in [-0.2, -0.15) is 4.31 Å². The number of benzene rings is 1. The third kappa shape index (κ3) is 2.82. The molecule has 0 spiro atoms. The Balaban J connectivity index is 3.25. The molecule has 0 saturated heterocycles. The Hall–Kier alpha value is -1.12. The summed E-state index contributed by atoms with van der Waals surface area (Å²) < 4.78 is 63.4. The number of aliphatic hydroxyl groups excluding tert-OH is 1. The van der Waals surface area contributed by atoms with Gasteiger partial charge in [0.2, 0.25) is 10.0 Å². The van der Waals surface area contributed by atoms with Gasteiger partial charge < -0.3 is 5.11 Å². The zero-order valence-corrected chi connectivity index (χ0v) is 10.5. The fourth-order valence-corrected chi connectivity index (χ4v) is 2.65. The highest BCUT2D eigenvalue weighted by Crippen LogP contribution is 2.22. The zero-order chi connectivity index (χ0) is 14.1. The summed E-state index contributed by atoms with van der Waals surface area (Å²) in [6.45, 7) is 1.05. The van der Waals surface area contributed by atoms with Gasteiger partial charge in [0.1, 0.15) is 4.90 Å². The van der Waals surface area contributed by atoms with Gasteiger partial charge in [-0.25, -0.2) is 21.6 Å². The molecule has 1 atom stereocenters. The van der Waals surface area contributed by atoms with E-state index in [9.17, 15) is 21.6 Å². The molecule has 1 aromatic carbocycles. The van der Waals surface area contributed by atoms with Gasteiger partial charge >= 0.3 is 0 Å². The highest BCUT2D eigenvalue weighted by molar-refractivity contribution is 7.89. The molecule has 0 aliphatic rings. The van der Waals surface area contributed by atoms with Crippen molar-refractivity contribution in [1.82, 2.24) is 4.31 Å². The van der Waals surface area contributed by atoms with Crippen LogP contribution in [0.1, 0.15) is 6.92 Å². The molecule has 0 heterocycles. The molecular formula is C10H12F3NO3S. The molecule has 0 aromatic heterocycles. The molecule has 1 rings (SSSR count). The lowest BCUT2D eigenvalue weighted by atomic mass is 10.3. The van der Waals surface area contributed by atoms with Crippen LogP contribution < -0.4 is 0 Å². The van der Waals surface area contributed by atoms with Crippen LogP contribution in [0.4, 0.5) is 13.2 Å². The summed E-state index contributed by atoms with van der Waals surface area (Å²) in [6.07, 6.45) is -0.974. The molecule has 0 saturated carbocycles. The summed E-state index contributed by atoms with van der Waals surface area (Å²) in [5, 5.41) is 9.07. The van der Waals surface area contributed by atoms with Crippen LogP contribution in [-0.2, 0) is 10.0 Å². The van der Waals surface area contributed by atoms with E-state index in [1.807, 2.05) is 0 Å². The van der Waals surface area contributed by atoms with E-state index in [-0.39, 0.29) is 6.54 Å². The molecule has 1 aromatic rings. The first-order chi connectivity index (χ1) is 8.17. The van der Waals surface area contributed by atoms with Crippen molar-refractivity contribution in [3.8, 4) is 0 Å². The maximum atomic E-state index is 13.4. The highest BCUT2D eigenvalue weighted by Gasteiger charge is 2.28. The second kappa shape index (κ2) is 5.25. The zero-order valence-electron chi connectivity index (χ0n) is 9.69. The first-order valence-corrected chi connectivity index (χ1v) is 6.39. The predicted octanol–water partition coefficient (Wildman–Crippen LogP) is 1.11. The lowest BCUT2D eigenvalue weighted by Gasteiger charge is -2.19. The van der Waals surface area contributed by atoms with Gasteiger partial charge in [-0.1, -0.05) is 0 Å². The number of aliphatic hydroxyl groups is 1. The maximum absolute atomic E-state index is 13.4. The summed E-state index contributed by atoms with van der Waals surface area (Å²) in [4.78, 5) is -0.968. The van der Waals surface area contributed by atoms with Gasteiger partial charge in [-0.3, -0.25) is 0 Å². The molecule has 102 valence electrons. The van der Waals surface area contributed by atoms with Crippen LogP contribution in [-0.4, -0.2) is 37.5 Å². The Labute approximate surface area is 103 Å². The lowest BCUT2D eigenvalue weighted by molar-refractivity contribution is 0.171. The number of rotatable bonds is 4. The Morgan fingerprint density at radius 3 is 2.33 bits per heavy atom. The monoisotopic (exact) mass is 283 g/mol. The molecule has 0 aliphatic heterocycles. The molecule has 1 N–H and O–H groups in total. The van der Waals surface area contributed by atoms with Gasteiger partial charge in [0.15, 0.2) is 17.5 Å². The van der Waals surface area contributed by atoms with Crippen molar-refractivity contribution < 1.29 is 26.7 Å². The van der Waals surface area contributed by atoms with Gasteiger partial charge in [-0.15, -0.1) is 0 Å². The molecule has 0 radical (unpaired) electrons. The van der Waals surface area contributed by atoms with Crippen LogP contribution in [0.5, 0.6) is 0 Å². The van der Waals surface area contributed by atoms with E-state index in [0.717, 1.165) is 7.05 Å². The summed E-state index contributed by atoms with van der Waals surface area (Å²) >= 11 is 0. The topological polar surface area (TPSA) is 57.6 Å². The third-order valence-electron chi connectivity index (χ3n) is 2.21. The quantitative estimate of drug-likeness (QED) is 0.842. The Morgan fingerprint density at radius 2 is 1.83 bits per heavy atom. The van der Waals surface area contributed by atoms with E-state index < -0.39 is 38.5 Å². The van der Waals surface area contributed by atoms with Crippen molar-refractivity contribution >= 4 is 10.0 Å². The van der Waals surface area contributed by atoms with Crippen LogP contribution in [0, 0.1) is 17.5 Å². The van der Waals surface area contributed by atoms with Crippen LogP contribution in [0.25, 0.3) is 0 Å². The fraction of sp³-hybridized carbons (Fsp3) is 0.400. The fourth-order valence-electron chi connectivity index (χ4n) is 1.35. The van der Waals surface area contributed by atoms with Crippen LogP contribution in [0.3, 0.4) is 0 Å². The standard InChI is InChI=1S/C10H12F3NO3S/c1-6(15)5-14(2)18(16,17)8-4-3-7(11)9(12)10(8)13/h3-4,6,15H,5H2,1-2H3. The number of hydrogen-bond donors (Lipinski definition) is 1. The van der Waals surface area contributed by atoms with Crippen molar-refractivity contribution in [2.75, 3.05) is 13.6 Å². The minimum atomic E-state index is -4.31. The van der Waals surface area contributed by atoms with Gasteiger partial charge in [-0.05, 0) is 19.1 Å². The smallest absolute Gasteiger partial charge is 0.245 e. The van der Waals surface area contributed by atoms with E-state index in [1.54, 1.807) is 0 Å². The third-order valence-corrected chi connectivity index (χ3v) is 4.05. The second-order valence-electron chi connectivity index (χ2n) is 3.81. The first-order valence-electron chi connectivity index (χ1n) is 4.95. The molecule has 0 aliphatic carbocycles. The predicted molar refractivity (Wildman–Crippen MR) is 57.8 cm³/mol. The summed E-state index contributed by atoms with van der Waals surface area (Å²) in [6, 6.07) is 1.17. The SMILES string of the molecule is CC(O)CN(C)S(=O)(=O)c1ccc(F)c(F)c1F. The Kier molecular flexibility index (Phi) is 4.36. The van der Waals surface area contributed by atoms with E-state index in [2.05, 4.69) is 0 Å². The van der Waals surface area contributed by atoms with Crippen LogP contribution >= 0.6 is 0 Å². The minimum Gasteiger partial charge on any atom is -0.392 e. The average molecular weight is 283 g/mol. The van der Waals surface area contributed by atoms with Crippen molar-refractivity contribution in [2.45, 2.75) is 17.9 Å². The van der Waals surface area contributed by atoms with E-state index in [0.29, 0.717) is 16.4 Å². The minimum absolute atomic E-state index is 0.291. The Morgan fingerprint density at radius 1 is 1.28 bits per heavy atom. The summed E-state index contributed by atoms with van der Waals surface area (Å²) in [5.41, 5.74) is 0. The Bertz CT molecular complexity index is 546. The number of hydrogen-bond acceptors (Lipinski definition) is 3. The van der Waals surface area contributed by atoms with Gasteiger partial charge in [0, 0.05) is 13.6 Å². The van der Waals surface area contributed by atoms with Crippen molar-refractivity contribution in [3.63, 3.8) is 0 Å². The molecule has 1 unspecified atom stereocenters. The lowest BCUT2D eigenvalue weighted by Crippen LogP contribution is -2.33. The molecule has 8 heteroatoms. The second-order valence-corrected chi connectivity index (χ2v) is 5.82. The molecule has 4 nitrogen and oxygen atoms in total. The van der Waals surface area contributed by atoms with Crippen LogP contribution in [0.2, 0.25) is 0 Å². The highest BCUT2D eigenvalue weighted by atomic mass is 32.2. The van der Waals surface area contributed by atoms with Gasteiger partial charge in [0.05, 0.1) is 6.10 Å². The van der Waals surface area contributed by atoms with Crippen molar-refractivity contribution in [2.24, 2.45) is 0 Å². The first kappa shape index (κ1) is 14.9. The number of likely N-dealkylation sites (N-methyl/N-ethyl adjacent to an activating group) is 1. The number of sulfonamides is 1. The average Bonchev–Trinajstić information content (AvgIpc) is 2.24. The van der Waals surface area contributed by atoms with Crippen molar-refractivity contribution in [3.05, 3.63) is 29.6 Å². The number of halogens is 3. The molecular weight excluding hydrogens is 271 g/mol. The summed E-state index contributed by atoms with van der Waals surface area (Å²) in [5.74, 6) is -5.08. The van der Waals surface area contributed by atoms with E-state index >= 15 is 0 Å². The molecule has 0 bridgehead atoms. The normalized spacial score (nSPS) is 13.9. The van der Waals surface area contributed by atoms with Crippen molar-refractivity contribution in [1.29, 1.82) is 0 Å². The maximum Gasteiger partial charge on any atom is 0.245 e. The summed E-state index contributed by atoms with van der Waals surface area (Å²) in [7, 11) is -3.21.